The maximum Gasteiger partial charge on any atom is 0.203 e. The van der Waals surface area contributed by atoms with E-state index in [2.05, 4.69) is 6.58 Å². The van der Waals surface area contributed by atoms with Gasteiger partial charge in [0.05, 0.1) is 21.3 Å². The molecule has 0 aliphatic carbocycles. The Hall–Kier alpha value is -3.21. The molecule has 0 aromatic heterocycles. The lowest BCUT2D eigenvalue weighted by Gasteiger charge is -2.12. The first-order valence-corrected chi connectivity index (χ1v) is 7.99. The van der Waals surface area contributed by atoms with E-state index < -0.39 is 0 Å². The highest BCUT2D eigenvalue weighted by Gasteiger charge is 2.12. The summed E-state index contributed by atoms with van der Waals surface area (Å²) in [5.74, 6) is 2.14. The zero-order valence-electron chi connectivity index (χ0n) is 15.2. The third-order valence-electron chi connectivity index (χ3n) is 3.62. The molecule has 0 atom stereocenters. The first kappa shape index (κ1) is 19.1. The summed E-state index contributed by atoms with van der Waals surface area (Å²) in [6, 6.07) is 10.5. The number of carbonyl (C=O) groups excluding carboxylic acids is 1. The molecule has 0 spiro atoms. The molecular formula is C21H22O5. The minimum absolute atomic E-state index is 0.117. The molecule has 0 saturated carbocycles. The number of allylic oxidation sites excluding steroid dienone is 1. The van der Waals surface area contributed by atoms with E-state index in [1.165, 1.54) is 6.08 Å². The fourth-order valence-electron chi connectivity index (χ4n) is 2.34. The molecule has 0 fully saturated rings. The lowest BCUT2D eigenvalue weighted by atomic mass is 10.1. The third kappa shape index (κ3) is 4.66. The highest BCUT2D eigenvalue weighted by Crippen LogP contribution is 2.38. The van der Waals surface area contributed by atoms with E-state index in [1.807, 2.05) is 0 Å². The van der Waals surface area contributed by atoms with Crippen LogP contribution in [0.4, 0.5) is 0 Å². The molecule has 26 heavy (non-hydrogen) atoms. The average Bonchev–Trinajstić information content (AvgIpc) is 2.69. The van der Waals surface area contributed by atoms with Crippen LogP contribution in [-0.2, 0) is 0 Å². The first-order chi connectivity index (χ1) is 12.6. The van der Waals surface area contributed by atoms with Gasteiger partial charge in [-0.3, -0.25) is 4.79 Å². The molecule has 0 aliphatic rings. The van der Waals surface area contributed by atoms with Crippen LogP contribution in [0.5, 0.6) is 23.0 Å². The summed E-state index contributed by atoms with van der Waals surface area (Å²) in [4.78, 5) is 12.3. The maximum absolute atomic E-state index is 12.3. The second-order valence-corrected chi connectivity index (χ2v) is 5.28. The lowest BCUT2D eigenvalue weighted by molar-refractivity contribution is 0.104. The summed E-state index contributed by atoms with van der Waals surface area (Å²) in [6.45, 7) is 4.02. The third-order valence-corrected chi connectivity index (χ3v) is 3.62. The van der Waals surface area contributed by atoms with Gasteiger partial charge in [-0.05, 0) is 48.0 Å². The Balaban J connectivity index is 2.18. The van der Waals surface area contributed by atoms with Crippen molar-refractivity contribution in [3.8, 4) is 23.0 Å². The van der Waals surface area contributed by atoms with Gasteiger partial charge in [0.1, 0.15) is 12.4 Å². The van der Waals surface area contributed by atoms with Crippen molar-refractivity contribution >= 4 is 11.9 Å². The van der Waals surface area contributed by atoms with Gasteiger partial charge >= 0.3 is 0 Å². The van der Waals surface area contributed by atoms with Crippen molar-refractivity contribution in [3.63, 3.8) is 0 Å². The summed E-state index contributed by atoms with van der Waals surface area (Å²) in [6.07, 6.45) is 4.87. The number of hydrogen-bond donors (Lipinski definition) is 0. The smallest absolute Gasteiger partial charge is 0.203 e. The van der Waals surface area contributed by atoms with Crippen LogP contribution in [0.25, 0.3) is 6.08 Å². The van der Waals surface area contributed by atoms with E-state index in [1.54, 1.807) is 69.9 Å². The van der Waals surface area contributed by atoms with E-state index in [0.29, 0.717) is 35.2 Å². The minimum atomic E-state index is -0.117. The molecule has 136 valence electrons. The van der Waals surface area contributed by atoms with Crippen molar-refractivity contribution in [2.24, 2.45) is 0 Å². The predicted molar refractivity (Wildman–Crippen MR) is 102 cm³/mol. The number of ketones is 1. The van der Waals surface area contributed by atoms with Gasteiger partial charge < -0.3 is 18.9 Å². The molecule has 2 rings (SSSR count). The van der Waals surface area contributed by atoms with Crippen molar-refractivity contribution in [1.29, 1.82) is 0 Å². The molecule has 0 aliphatic heterocycles. The largest absolute Gasteiger partial charge is 0.493 e. The van der Waals surface area contributed by atoms with Gasteiger partial charge in [0, 0.05) is 5.56 Å². The second kappa shape index (κ2) is 9.32. The summed E-state index contributed by atoms with van der Waals surface area (Å²) in [7, 11) is 4.64. The Labute approximate surface area is 153 Å². The Morgan fingerprint density at radius 2 is 1.62 bits per heavy atom. The molecule has 0 saturated heterocycles. The van der Waals surface area contributed by atoms with Gasteiger partial charge in [-0.15, -0.1) is 0 Å². The van der Waals surface area contributed by atoms with Crippen LogP contribution in [-0.4, -0.2) is 33.7 Å². The Morgan fingerprint density at radius 3 is 2.12 bits per heavy atom. The maximum atomic E-state index is 12.3. The number of hydrogen-bond acceptors (Lipinski definition) is 5. The van der Waals surface area contributed by atoms with Crippen molar-refractivity contribution in [3.05, 3.63) is 66.3 Å². The molecular weight excluding hydrogens is 332 g/mol. The molecule has 0 unspecified atom stereocenters. The highest BCUT2D eigenvalue weighted by atomic mass is 16.5. The number of carbonyl (C=O) groups is 1. The van der Waals surface area contributed by atoms with Crippen LogP contribution in [0.15, 0.2) is 55.1 Å². The average molecular weight is 354 g/mol. The van der Waals surface area contributed by atoms with Crippen LogP contribution in [0.2, 0.25) is 0 Å². The molecule has 0 amide bonds. The second-order valence-electron chi connectivity index (χ2n) is 5.28. The summed E-state index contributed by atoms with van der Waals surface area (Å²) >= 11 is 0. The lowest BCUT2D eigenvalue weighted by Crippen LogP contribution is -1.97. The Morgan fingerprint density at radius 1 is 1.00 bits per heavy atom. The van der Waals surface area contributed by atoms with Gasteiger partial charge in [0.25, 0.3) is 0 Å². The number of rotatable bonds is 9. The molecule has 5 heteroatoms. The van der Waals surface area contributed by atoms with Crippen LogP contribution in [0.1, 0.15) is 15.9 Å². The van der Waals surface area contributed by atoms with E-state index in [9.17, 15) is 4.79 Å². The standard InChI is InChI=1S/C21H22O5/c1-5-12-26-17-9-7-16(8-10-17)18(22)11-6-15-13-19(23-2)21(25-4)20(14-15)24-3/h5-11,13-14H,1,12H2,2-4H3/b11-6+. The topological polar surface area (TPSA) is 54.0 Å². The fourth-order valence-corrected chi connectivity index (χ4v) is 2.34. The summed E-state index contributed by atoms with van der Waals surface area (Å²) in [5.41, 5.74) is 1.33. The van der Waals surface area contributed by atoms with Gasteiger partial charge in [0.2, 0.25) is 5.75 Å². The zero-order valence-corrected chi connectivity index (χ0v) is 15.2. The normalized spacial score (nSPS) is 10.4. The van der Waals surface area contributed by atoms with Crippen molar-refractivity contribution in [2.75, 3.05) is 27.9 Å². The highest BCUT2D eigenvalue weighted by molar-refractivity contribution is 6.06. The van der Waals surface area contributed by atoms with Crippen LogP contribution >= 0.6 is 0 Å². The molecule has 0 bridgehead atoms. The molecule has 2 aromatic carbocycles. The number of methoxy groups -OCH3 is 3. The van der Waals surface area contributed by atoms with E-state index >= 15 is 0 Å². The van der Waals surface area contributed by atoms with Gasteiger partial charge in [-0.2, -0.15) is 0 Å². The monoisotopic (exact) mass is 354 g/mol. The summed E-state index contributed by atoms with van der Waals surface area (Å²) in [5, 5.41) is 0. The number of ether oxygens (including phenoxy) is 4. The first-order valence-electron chi connectivity index (χ1n) is 7.99. The molecule has 0 radical (unpaired) electrons. The molecule has 0 N–H and O–H groups in total. The van der Waals surface area contributed by atoms with Gasteiger partial charge in [-0.25, -0.2) is 0 Å². The van der Waals surface area contributed by atoms with Crippen molar-refractivity contribution in [1.82, 2.24) is 0 Å². The van der Waals surface area contributed by atoms with Crippen LogP contribution < -0.4 is 18.9 Å². The SMILES string of the molecule is C=CCOc1ccc(C(=O)/C=C/c2cc(OC)c(OC)c(OC)c2)cc1. The molecule has 2 aromatic rings. The van der Waals surface area contributed by atoms with Crippen molar-refractivity contribution in [2.45, 2.75) is 0 Å². The Kier molecular flexibility index (Phi) is 6.85. The van der Waals surface area contributed by atoms with Gasteiger partial charge in [-0.1, -0.05) is 18.7 Å². The predicted octanol–water partition coefficient (Wildman–Crippen LogP) is 4.17. The van der Waals surface area contributed by atoms with E-state index in [0.717, 1.165) is 5.56 Å². The Bertz CT molecular complexity index is 766. The molecule has 0 heterocycles. The summed E-state index contributed by atoms with van der Waals surface area (Å²) < 4.78 is 21.3. The quantitative estimate of drug-likeness (QED) is 0.384. The van der Waals surface area contributed by atoms with Crippen molar-refractivity contribution < 1.29 is 23.7 Å². The molecule has 5 nitrogen and oxygen atoms in total. The fraction of sp³-hybridized carbons (Fsp3) is 0.190. The minimum Gasteiger partial charge on any atom is -0.493 e. The van der Waals surface area contributed by atoms with Crippen LogP contribution in [0, 0.1) is 0 Å². The van der Waals surface area contributed by atoms with Crippen LogP contribution in [0.3, 0.4) is 0 Å². The van der Waals surface area contributed by atoms with E-state index in [-0.39, 0.29) is 5.78 Å². The van der Waals surface area contributed by atoms with E-state index in [4.69, 9.17) is 18.9 Å². The van der Waals surface area contributed by atoms with Gasteiger partial charge in [0.15, 0.2) is 17.3 Å². The zero-order chi connectivity index (χ0) is 18.9. The number of benzene rings is 2.